The van der Waals surface area contributed by atoms with Gasteiger partial charge in [-0.05, 0) is 44.9 Å². The molecule has 0 unspecified atom stereocenters. The molecule has 0 radical (unpaired) electrons. The number of methoxy groups -OCH3 is 1. The minimum absolute atomic E-state index is 0.123. The Balaban J connectivity index is 1.39. The molecule has 3 aliphatic rings. The molecule has 162 valence electrons. The summed E-state index contributed by atoms with van der Waals surface area (Å²) < 4.78 is 37.4. The van der Waals surface area contributed by atoms with Gasteiger partial charge in [0.1, 0.15) is 0 Å². The zero-order valence-electron chi connectivity index (χ0n) is 17.0. The normalized spacial score (nSPS) is 36.7. The first-order valence-electron chi connectivity index (χ1n) is 10.1. The molecule has 2 aliphatic carbocycles. The number of carbonyl (C=O) groups is 1. The van der Waals surface area contributed by atoms with Crippen LogP contribution in [0, 0.1) is 5.92 Å². The highest BCUT2D eigenvalue weighted by Gasteiger charge is 2.59. The minimum Gasteiger partial charge on any atom is -0.453 e. The minimum atomic E-state index is -3.39. The van der Waals surface area contributed by atoms with Crippen molar-refractivity contribution in [2.75, 3.05) is 20.0 Å². The third-order valence-corrected chi connectivity index (χ3v) is 8.42. The summed E-state index contributed by atoms with van der Waals surface area (Å²) in [5.41, 5.74) is 0.258. The molecule has 10 heteroatoms. The van der Waals surface area contributed by atoms with E-state index in [4.69, 9.17) is 9.47 Å². The van der Waals surface area contributed by atoms with Gasteiger partial charge in [-0.2, -0.15) is 0 Å². The molecule has 8 nitrogen and oxygen atoms in total. The molecule has 1 aromatic rings. The topological polar surface area (TPSA) is 97.8 Å². The fraction of sp³-hybridized carbons (Fsp3) is 0.789. The van der Waals surface area contributed by atoms with Crippen molar-refractivity contribution in [3.8, 4) is 0 Å². The summed E-state index contributed by atoms with van der Waals surface area (Å²) in [6.07, 6.45) is 7.44. The lowest BCUT2D eigenvalue weighted by Gasteiger charge is -2.32. The van der Waals surface area contributed by atoms with Crippen LogP contribution in [0.25, 0.3) is 0 Å². The zero-order chi connectivity index (χ0) is 20.8. The van der Waals surface area contributed by atoms with Crippen molar-refractivity contribution in [2.45, 2.75) is 68.7 Å². The predicted molar refractivity (Wildman–Crippen MR) is 109 cm³/mol. The van der Waals surface area contributed by atoms with Gasteiger partial charge in [0, 0.05) is 29.1 Å². The van der Waals surface area contributed by atoms with Gasteiger partial charge >= 0.3 is 6.09 Å². The quantitative estimate of drug-likeness (QED) is 0.723. The monoisotopic (exact) mass is 443 g/mol. The van der Waals surface area contributed by atoms with Crippen LogP contribution in [0.1, 0.15) is 44.0 Å². The Morgan fingerprint density at radius 2 is 2.24 bits per heavy atom. The van der Waals surface area contributed by atoms with Crippen LogP contribution in [-0.4, -0.2) is 68.6 Å². The van der Waals surface area contributed by atoms with E-state index in [9.17, 15) is 13.2 Å². The Labute approximate surface area is 176 Å². The maximum atomic E-state index is 12.3. The molecule has 1 saturated heterocycles. The van der Waals surface area contributed by atoms with E-state index in [1.807, 2.05) is 18.5 Å². The number of likely N-dealkylation sites (tertiary alicyclic amines) is 1. The maximum absolute atomic E-state index is 12.3. The number of sulfonamides is 1. The lowest BCUT2D eigenvalue weighted by atomic mass is 9.87. The number of hydrogen-bond donors (Lipinski definition) is 1. The fourth-order valence-electron chi connectivity index (χ4n) is 5.25. The third-order valence-electron chi connectivity index (χ3n) is 6.70. The number of hydrogen-bond acceptors (Lipinski definition) is 7. The van der Waals surface area contributed by atoms with E-state index in [1.54, 1.807) is 16.2 Å². The Morgan fingerprint density at radius 3 is 2.86 bits per heavy atom. The first kappa shape index (κ1) is 21.0. The van der Waals surface area contributed by atoms with Crippen LogP contribution >= 0.6 is 11.3 Å². The SMILES string of the molecule is COC(=O)N1[C@H](C)C[C@H](NS(C)(=O)=O)[C@@H]1CO[C@@H]1CC[C@]2(c3nccs3)C[C@@H]2C1. The largest absolute Gasteiger partial charge is 0.453 e. The number of fused-ring (bicyclic) bond motifs is 1. The summed E-state index contributed by atoms with van der Waals surface area (Å²) in [4.78, 5) is 18.4. The van der Waals surface area contributed by atoms with Gasteiger partial charge in [0.25, 0.3) is 0 Å². The molecule has 1 N–H and O–H groups in total. The predicted octanol–water partition coefficient (Wildman–Crippen LogP) is 2.12. The second-order valence-electron chi connectivity index (χ2n) is 8.65. The van der Waals surface area contributed by atoms with Crippen LogP contribution < -0.4 is 4.72 Å². The fourth-order valence-corrected chi connectivity index (χ4v) is 7.01. The van der Waals surface area contributed by atoms with Crippen molar-refractivity contribution in [1.29, 1.82) is 0 Å². The van der Waals surface area contributed by atoms with E-state index in [-0.39, 0.29) is 29.6 Å². The summed E-state index contributed by atoms with van der Waals surface area (Å²) in [7, 11) is -2.04. The molecule has 2 saturated carbocycles. The average molecular weight is 444 g/mol. The summed E-state index contributed by atoms with van der Waals surface area (Å²) in [6, 6.07) is -0.877. The number of amides is 1. The van der Waals surface area contributed by atoms with Crippen LogP contribution in [0.15, 0.2) is 11.6 Å². The standard InChI is InChI=1S/C19H29N3O5S2/c1-12-8-15(21-29(3,24)25)16(22(12)18(23)26-2)11-27-14-4-5-19(10-13(19)9-14)17-20-6-7-28-17/h6-7,12-16,21H,4-5,8-11H2,1-3H3/t12-,13+,14-,15+,16+,19+/m1/s1. The summed E-state index contributed by atoms with van der Waals surface area (Å²) in [5.74, 6) is 0.608. The Morgan fingerprint density at radius 1 is 1.45 bits per heavy atom. The molecular weight excluding hydrogens is 414 g/mol. The van der Waals surface area contributed by atoms with E-state index >= 15 is 0 Å². The van der Waals surface area contributed by atoms with Crippen molar-refractivity contribution >= 4 is 27.5 Å². The van der Waals surface area contributed by atoms with Gasteiger partial charge in [0.05, 0.1) is 37.1 Å². The summed E-state index contributed by atoms with van der Waals surface area (Å²) >= 11 is 1.74. The number of aromatic nitrogens is 1. The highest BCUT2D eigenvalue weighted by molar-refractivity contribution is 7.88. The molecule has 1 amide bonds. The molecule has 4 rings (SSSR count). The van der Waals surface area contributed by atoms with Gasteiger partial charge in [-0.1, -0.05) is 0 Å². The molecule has 0 spiro atoms. The highest BCUT2D eigenvalue weighted by atomic mass is 32.2. The number of thiazole rings is 1. The maximum Gasteiger partial charge on any atom is 0.410 e. The molecule has 1 aromatic heterocycles. The van der Waals surface area contributed by atoms with Gasteiger partial charge in [-0.3, -0.25) is 4.90 Å². The molecule has 29 heavy (non-hydrogen) atoms. The first-order valence-corrected chi connectivity index (χ1v) is 12.9. The lowest BCUT2D eigenvalue weighted by molar-refractivity contribution is -0.00993. The van der Waals surface area contributed by atoms with E-state index in [2.05, 4.69) is 9.71 Å². The second-order valence-corrected chi connectivity index (χ2v) is 11.3. The van der Waals surface area contributed by atoms with E-state index in [1.165, 1.54) is 18.5 Å². The molecule has 6 atom stereocenters. The summed E-state index contributed by atoms with van der Waals surface area (Å²) in [6.45, 7) is 2.20. The van der Waals surface area contributed by atoms with Crippen LogP contribution in [-0.2, 0) is 24.9 Å². The van der Waals surface area contributed by atoms with Crippen molar-refractivity contribution < 1.29 is 22.7 Å². The molecule has 3 fully saturated rings. The number of nitrogens with one attached hydrogen (secondary N) is 1. The van der Waals surface area contributed by atoms with Gasteiger partial charge < -0.3 is 9.47 Å². The van der Waals surface area contributed by atoms with Crippen LogP contribution in [0.2, 0.25) is 0 Å². The van der Waals surface area contributed by atoms with Crippen molar-refractivity contribution in [3.63, 3.8) is 0 Å². The van der Waals surface area contributed by atoms with Crippen LogP contribution in [0.3, 0.4) is 0 Å². The Bertz CT molecular complexity index is 846. The van der Waals surface area contributed by atoms with Crippen molar-refractivity contribution in [1.82, 2.24) is 14.6 Å². The van der Waals surface area contributed by atoms with Gasteiger partial charge in [0.2, 0.25) is 10.0 Å². The number of carbonyl (C=O) groups excluding carboxylic acids is 1. The molecule has 2 heterocycles. The second kappa shape index (κ2) is 7.79. The molecule has 0 aromatic carbocycles. The smallest absolute Gasteiger partial charge is 0.410 e. The van der Waals surface area contributed by atoms with E-state index in [0.29, 0.717) is 18.9 Å². The third kappa shape index (κ3) is 4.17. The van der Waals surface area contributed by atoms with Gasteiger partial charge in [-0.25, -0.2) is 22.9 Å². The zero-order valence-corrected chi connectivity index (χ0v) is 18.7. The number of nitrogens with zero attached hydrogens (tertiary/aromatic N) is 2. The average Bonchev–Trinajstić information content (AvgIpc) is 2.98. The molecule has 0 bridgehead atoms. The van der Waals surface area contributed by atoms with E-state index < -0.39 is 16.1 Å². The Hall–Kier alpha value is -1.23. The number of ether oxygens (including phenoxy) is 2. The molecule has 1 aliphatic heterocycles. The lowest BCUT2D eigenvalue weighted by Crippen LogP contribution is -2.50. The van der Waals surface area contributed by atoms with E-state index in [0.717, 1.165) is 25.5 Å². The first-order chi connectivity index (χ1) is 13.7. The van der Waals surface area contributed by atoms with Crippen molar-refractivity contribution in [2.24, 2.45) is 5.92 Å². The summed E-state index contributed by atoms with van der Waals surface area (Å²) in [5, 5.41) is 3.29. The molecular formula is C19H29N3O5S2. The Kier molecular flexibility index (Phi) is 5.65. The van der Waals surface area contributed by atoms with Crippen molar-refractivity contribution in [3.05, 3.63) is 16.6 Å². The van der Waals surface area contributed by atoms with Crippen LogP contribution in [0.5, 0.6) is 0 Å². The number of rotatable bonds is 6. The van der Waals surface area contributed by atoms with Gasteiger partial charge in [-0.15, -0.1) is 11.3 Å². The van der Waals surface area contributed by atoms with Crippen LogP contribution in [0.4, 0.5) is 4.79 Å². The van der Waals surface area contributed by atoms with Gasteiger partial charge in [0.15, 0.2) is 0 Å². The highest BCUT2D eigenvalue weighted by Crippen LogP contribution is 2.63.